The fraction of sp³-hybridized carbons (Fsp3) is 0.200. The fourth-order valence-corrected chi connectivity index (χ4v) is 3.64. The van der Waals surface area contributed by atoms with Crippen LogP contribution in [0.25, 0.3) is 11.1 Å². The SMILES string of the molecule is O=C(Cc1ccc(-c2ccccc2)cc1)OCC(=O)c1ccc2c(c1)CCC2. The molecule has 0 amide bonds. The van der Waals surface area contributed by atoms with Crippen LogP contribution < -0.4 is 0 Å². The Bertz CT molecular complexity index is 988. The molecule has 0 unspecified atom stereocenters. The van der Waals surface area contributed by atoms with Crippen LogP contribution in [0.3, 0.4) is 0 Å². The molecule has 1 aliphatic rings. The molecule has 0 fully saturated rings. The molecule has 0 bridgehead atoms. The number of hydrogen-bond acceptors (Lipinski definition) is 3. The van der Waals surface area contributed by atoms with Crippen LogP contribution in [-0.4, -0.2) is 18.4 Å². The number of benzene rings is 3. The third kappa shape index (κ3) is 4.20. The lowest BCUT2D eigenvalue weighted by Crippen LogP contribution is -2.16. The summed E-state index contributed by atoms with van der Waals surface area (Å²) in [6.07, 6.45) is 3.41. The molecular weight excluding hydrogens is 348 g/mol. The van der Waals surface area contributed by atoms with Gasteiger partial charge in [0.2, 0.25) is 0 Å². The maximum absolute atomic E-state index is 12.3. The minimum Gasteiger partial charge on any atom is -0.457 e. The number of aryl methyl sites for hydroxylation is 2. The van der Waals surface area contributed by atoms with E-state index >= 15 is 0 Å². The normalized spacial score (nSPS) is 12.4. The molecule has 4 rings (SSSR count). The van der Waals surface area contributed by atoms with Gasteiger partial charge in [-0.25, -0.2) is 0 Å². The Morgan fingerprint density at radius 2 is 1.50 bits per heavy atom. The highest BCUT2D eigenvalue weighted by Crippen LogP contribution is 2.23. The summed E-state index contributed by atoms with van der Waals surface area (Å²) in [6.45, 7) is -0.209. The molecule has 0 heterocycles. The van der Waals surface area contributed by atoms with Crippen LogP contribution >= 0.6 is 0 Å². The highest BCUT2D eigenvalue weighted by Gasteiger charge is 2.15. The molecule has 1 aliphatic carbocycles. The van der Waals surface area contributed by atoms with Crippen molar-refractivity contribution < 1.29 is 14.3 Å². The number of ketones is 1. The van der Waals surface area contributed by atoms with Crippen molar-refractivity contribution in [3.63, 3.8) is 0 Å². The van der Waals surface area contributed by atoms with E-state index in [0.29, 0.717) is 5.56 Å². The molecule has 0 saturated heterocycles. The summed E-state index contributed by atoms with van der Waals surface area (Å²) in [5, 5.41) is 0. The maximum Gasteiger partial charge on any atom is 0.310 e. The fourth-order valence-electron chi connectivity index (χ4n) is 3.64. The number of carbonyl (C=O) groups excluding carboxylic acids is 2. The molecule has 3 nitrogen and oxygen atoms in total. The summed E-state index contributed by atoms with van der Waals surface area (Å²) >= 11 is 0. The molecule has 3 aromatic rings. The van der Waals surface area contributed by atoms with Crippen molar-refractivity contribution in [2.75, 3.05) is 6.61 Å². The standard InChI is InChI=1S/C25H22O3/c26-24(23-14-13-20-7-4-8-22(20)16-23)17-28-25(27)15-18-9-11-21(12-10-18)19-5-2-1-3-6-19/h1-3,5-6,9-14,16H,4,7-8,15,17H2. The van der Waals surface area contributed by atoms with Gasteiger partial charge in [0.1, 0.15) is 0 Å². The van der Waals surface area contributed by atoms with Crippen LogP contribution in [0.2, 0.25) is 0 Å². The lowest BCUT2D eigenvalue weighted by molar-refractivity contribution is -0.141. The van der Waals surface area contributed by atoms with Crippen molar-refractivity contribution in [1.82, 2.24) is 0 Å². The second kappa shape index (κ2) is 8.22. The molecule has 0 aliphatic heterocycles. The van der Waals surface area contributed by atoms with Gasteiger partial charge in [-0.2, -0.15) is 0 Å². The summed E-state index contributed by atoms with van der Waals surface area (Å²) in [5.41, 5.74) is 6.31. The summed E-state index contributed by atoms with van der Waals surface area (Å²) in [4.78, 5) is 24.4. The Labute approximate surface area is 165 Å². The van der Waals surface area contributed by atoms with Crippen molar-refractivity contribution in [2.45, 2.75) is 25.7 Å². The van der Waals surface area contributed by atoms with Crippen LogP contribution in [0.1, 0.15) is 33.5 Å². The Hall–Kier alpha value is -3.20. The average Bonchev–Trinajstić information content (AvgIpc) is 3.21. The van der Waals surface area contributed by atoms with E-state index in [1.54, 1.807) is 0 Å². The highest BCUT2D eigenvalue weighted by molar-refractivity contribution is 5.98. The number of ether oxygens (including phenoxy) is 1. The van der Waals surface area contributed by atoms with Crippen LogP contribution in [0, 0.1) is 0 Å². The molecule has 28 heavy (non-hydrogen) atoms. The number of Topliss-reactive ketones (excluding diaryl/α,β-unsaturated/α-hetero) is 1. The minimum atomic E-state index is -0.387. The van der Waals surface area contributed by atoms with Gasteiger partial charge in [-0.15, -0.1) is 0 Å². The van der Waals surface area contributed by atoms with E-state index in [4.69, 9.17) is 4.74 Å². The van der Waals surface area contributed by atoms with Crippen LogP contribution in [0.5, 0.6) is 0 Å². The van der Waals surface area contributed by atoms with Gasteiger partial charge in [-0.1, -0.05) is 66.7 Å². The zero-order chi connectivity index (χ0) is 19.3. The first kappa shape index (κ1) is 18.2. The lowest BCUT2D eigenvalue weighted by Gasteiger charge is -2.07. The topological polar surface area (TPSA) is 43.4 Å². The molecule has 140 valence electrons. The van der Waals surface area contributed by atoms with Crippen LogP contribution in [0.15, 0.2) is 72.8 Å². The Balaban J connectivity index is 1.31. The molecule has 0 N–H and O–H groups in total. The third-order valence-corrected chi connectivity index (χ3v) is 5.19. The van der Waals surface area contributed by atoms with Gasteiger partial charge in [0.25, 0.3) is 0 Å². The number of hydrogen-bond donors (Lipinski definition) is 0. The molecule has 0 saturated carbocycles. The zero-order valence-electron chi connectivity index (χ0n) is 15.7. The number of carbonyl (C=O) groups is 2. The lowest BCUT2D eigenvalue weighted by atomic mass is 10.0. The Kier molecular flexibility index (Phi) is 5.34. The van der Waals surface area contributed by atoms with Gasteiger partial charge in [0.15, 0.2) is 12.4 Å². The van der Waals surface area contributed by atoms with Crippen molar-refractivity contribution >= 4 is 11.8 Å². The molecule has 0 atom stereocenters. The van der Waals surface area contributed by atoms with Crippen molar-refractivity contribution in [1.29, 1.82) is 0 Å². The smallest absolute Gasteiger partial charge is 0.310 e. The van der Waals surface area contributed by atoms with E-state index in [9.17, 15) is 9.59 Å². The largest absolute Gasteiger partial charge is 0.457 e. The average molecular weight is 370 g/mol. The third-order valence-electron chi connectivity index (χ3n) is 5.19. The van der Waals surface area contributed by atoms with Gasteiger partial charge in [0.05, 0.1) is 6.42 Å². The number of fused-ring (bicyclic) bond motifs is 1. The van der Waals surface area contributed by atoms with Crippen LogP contribution in [0.4, 0.5) is 0 Å². The quantitative estimate of drug-likeness (QED) is 0.462. The summed E-state index contributed by atoms with van der Waals surface area (Å²) in [6, 6.07) is 23.7. The van der Waals surface area contributed by atoms with E-state index in [-0.39, 0.29) is 24.8 Å². The monoisotopic (exact) mass is 370 g/mol. The molecule has 3 aromatic carbocycles. The Morgan fingerprint density at radius 3 is 2.29 bits per heavy atom. The van der Waals surface area contributed by atoms with Crippen molar-refractivity contribution in [2.24, 2.45) is 0 Å². The number of esters is 1. The predicted molar refractivity (Wildman–Crippen MR) is 109 cm³/mol. The zero-order valence-corrected chi connectivity index (χ0v) is 15.7. The number of rotatable bonds is 6. The van der Waals surface area contributed by atoms with Crippen LogP contribution in [-0.2, 0) is 28.8 Å². The first-order valence-electron chi connectivity index (χ1n) is 9.64. The van der Waals surface area contributed by atoms with E-state index in [0.717, 1.165) is 36.0 Å². The molecule has 0 spiro atoms. The van der Waals surface area contributed by atoms with Gasteiger partial charge in [0, 0.05) is 5.56 Å². The summed E-state index contributed by atoms with van der Waals surface area (Å²) in [7, 11) is 0. The van der Waals surface area contributed by atoms with Crippen molar-refractivity contribution in [3.8, 4) is 11.1 Å². The summed E-state index contributed by atoms with van der Waals surface area (Å²) in [5.74, 6) is -0.538. The molecular formula is C25H22O3. The van der Waals surface area contributed by atoms with E-state index in [1.165, 1.54) is 11.1 Å². The second-order valence-electron chi connectivity index (χ2n) is 7.16. The van der Waals surface area contributed by atoms with E-state index in [2.05, 4.69) is 0 Å². The van der Waals surface area contributed by atoms with Gasteiger partial charge in [-0.3, -0.25) is 9.59 Å². The first-order chi connectivity index (χ1) is 13.7. The first-order valence-corrected chi connectivity index (χ1v) is 9.64. The van der Waals surface area contributed by atoms with E-state index in [1.807, 2.05) is 72.8 Å². The van der Waals surface area contributed by atoms with E-state index < -0.39 is 0 Å². The van der Waals surface area contributed by atoms with Gasteiger partial charge in [-0.05, 0) is 53.1 Å². The van der Waals surface area contributed by atoms with Gasteiger partial charge >= 0.3 is 5.97 Å². The van der Waals surface area contributed by atoms with Gasteiger partial charge < -0.3 is 4.74 Å². The highest BCUT2D eigenvalue weighted by atomic mass is 16.5. The predicted octanol–water partition coefficient (Wildman–Crippen LogP) is 4.81. The molecule has 0 aromatic heterocycles. The summed E-state index contributed by atoms with van der Waals surface area (Å²) < 4.78 is 5.21. The maximum atomic E-state index is 12.3. The second-order valence-corrected chi connectivity index (χ2v) is 7.16. The molecule has 3 heteroatoms. The van der Waals surface area contributed by atoms with Crippen molar-refractivity contribution in [3.05, 3.63) is 95.1 Å². The Morgan fingerprint density at radius 1 is 0.786 bits per heavy atom. The molecule has 0 radical (unpaired) electrons. The minimum absolute atomic E-state index is 0.150.